The number of aryl methyl sites for hydroxylation is 1. The monoisotopic (exact) mass is 470 g/mol. The van der Waals surface area contributed by atoms with Crippen molar-refractivity contribution in [3.05, 3.63) is 101 Å². The van der Waals surface area contributed by atoms with Gasteiger partial charge in [-0.3, -0.25) is 9.48 Å². The van der Waals surface area contributed by atoms with Gasteiger partial charge in [-0.15, -0.1) is 0 Å². The van der Waals surface area contributed by atoms with Crippen molar-refractivity contribution in [1.29, 1.82) is 0 Å². The number of thiocarbonyl (C=S) groups is 1. The van der Waals surface area contributed by atoms with Gasteiger partial charge in [0.1, 0.15) is 11.5 Å². The van der Waals surface area contributed by atoms with Crippen LogP contribution in [0.1, 0.15) is 34.2 Å². The van der Waals surface area contributed by atoms with Crippen LogP contribution in [0.4, 0.5) is 11.4 Å². The van der Waals surface area contributed by atoms with Crippen LogP contribution in [0.5, 0.6) is 11.5 Å². The molecule has 0 spiro atoms. The van der Waals surface area contributed by atoms with E-state index in [1.54, 1.807) is 19.1 Å². The number of nitrogens with one attached hydrogen (secondary N) is 2. The van der Waals surface area contributed by atoms with Crippen LogP contribution in [0.2, 0.25) is 0 Å². The molecule has 4 aromatic rings. The molecule has 1 aromatic heterocycles. The summed E-state index contributed by atoms with van der Waals surface area (Å²) in [6.45, 7) is 6.11. The highest BCUT2D eigenvalue weighted by Gasteiger charge is 2.14. The maximum atomic E-state index is 11.5. The van der Waals surface area contributed by atoms with Gasteiger partial charge in [-0.05, 0) is 87.1 Å². The standard InChI is InChI=1S/C27H26N4O2S/c1-18-26(29-27(34)28-23-14-12-22(13-15-23)20(3)32)19(2)31(30-18)17-21-8-7-11-25(16-21)33-24-9-5-4-6-10-24/h4-16H,17H2,1-3H3,(H2,28,29,34). The summed E-state index contributed by atoms with van der Waals surface area (Å²) in [6.07, 6.45) is 0. The quantitative estimate of drug-likeness (QED) is 0.242. The fraction of sp³-hybridized carbons (Fsp3) is 0.148. The van der Waals surface area contributed by atoms with Crippen LogP contribution >= 0.6 is 12.2 Å². The molecule has 0 atom stereocenters. The van der Waals surface area contributed by atoms with E-state index in [2.05, 4.69) is 16.7 Å². The van der Waals surface area contributed by atoms with Crippen LogP contribution in [0, 0.1) is 13.8 Å². The Bertz CT molecular complexity index is 1310. The molecule has 4 rings (SSSR count). The molecule has 7 heteroatoms. The molecule has 0 aliphatic rings. The topological polar surface area (TPSA) is 68.2 Å². The Kier molecular flexibility index (Phi) is 7.04. The number of nitrogens with zero attached hydrogens (tertiary/aromatic N) is 2. The van der Waals surface area contributed by atoms with Crippen molar-refractivity contribution in [2.75, 3.05) is 10.6 Å². The number of hydrogen-bond acceptors (Lipinski definition) is 4. The van der Waals surface area contributed by atoms with E-state index in [1.165, 1.54) is 0 Å². The van der Waals surface area contributed by atoms with E-state index in [-0.39, 0.29) is 5.78 Å². The molecule has 172 valence electrons. The predicted molar refractivity (Wildman–Crippen MR) is 140 cm³/mol. The predicted octanol–water partition coefficient (Wildman–Crippen LogP) is 6.35. The third-order valence-electron chi connectivity index (χ3n) is 5.38. The van der Waals surface area contributed by atoms with Gasteiger partial charge in [-0.1, -0.05) is 30.3 Å². The summed E-state index contributed by atoms with van der Waals surface area (Å²) >= 11 is 5.50. The fourth-order valence-electron chi connectivity index (χ4n) is 3.60. The molecule has 0 bridgehead atoms. The number of rotatable bonds is 7. The number of Topliss-reactive ketones (excluding diaryl/α,β-unsaturated/α-hetero) is 1. The average Bonchev–Trinajstić information content (AvgIpc) is 3.07. The SMILES string of the molecule is CC(=O)c1ccc(NC(=S)Nc2c(C)nn(Cc3cccc(Oc4ccccc4)c3)c2C)cc1. The molecule has 0 saturated carbocycles. The first-order valence-corrected chi connectivity index (χ1v) is 11.3. The van der Waals surface area contributed by atoms with Gasteiger partial charge in [-0.25, -0.2) is 0 Å². The zero-order valence-electron chi connectivity index (χ0n) is 19.3. The maximum absolute atomic E-state index is 11.5. The van der Waals surface area contributed by atoms with Crippen molar-refractivity contribution >= 4 is 34.5 Å². The van der Waals surface area contributed by atoms with Gasteiger partial charge in [-0.2, -0.15) is 5.10 Å². The molecule has 0 aliphatic heterocycles. The number of ketones is 1. The minimum Gasteiger partial charge on any atom is -0.457 e. The lowest BCUT2D eigenvalue weighted by Gasteiger charge is -2.12. The lowest BCUT2D eigenvalue weighted by molar-refractivity contribution is 0.101. The van der Waals surface area contributed by atoms with E-state index in [9.17, 15) is 4.79 Å². The minimum atomic E-state index is 0.0306. The summed E-state index contributed by atoms with van der Waals surface area (Å²) in [5.41, 5.74) is 5.25. The Hall–Kier alpha value is -3.97. The fourth-order valence-corrected chi connectivity index (χ4v) is 3.82. The molecule has 1 heterocycles. The smallest absolute Gasteiger partial charge is 0.175 e. The zero-order valence-corrected chi connectivity index (χ0v) is 20.1. The largest absolute Gasteiger partial charge is 0.457 e. The lowest BCUT2D eigenvalue weighted by atomic mass is 10.1. The number of carbonyl (C=O) groups excluding carboxylic acids is 1. The number of hydrogen-bond donors (Lipinski definition) is 2. The van der Waals surface area contributed by atoms with E-state index in [0.29, 0.717) is 17.2 Å². The summed E-state index contributed by atoms with van der Waals surface area (Å²) in [5, 5.41) is 11.6. The average molecular weight is 471 g/mol. The van der Waals surface area contributed by atoms with Gasteiger partial charge in [0.15, 0.2) is 10.9 Å². The normalized spacial score (nSPS) is 10.6. The van der Waals surface area contributed by atoms with Crippen LogP contribution in [0.3, 0.4) is 0 Å². The van der Waals surface area contributed by atoms with Crippen molar-refractivity contribution in [2.45, 2.75) is 27.3 Å². The third kappa shape index (κ3) is 5.68. The summed E-state index contributed by atoms with van der Waals surface area (Å²) in [6, 6.07) is 24.9. The summed E-state index contributed by atoms with van der Waals surface area (Å²) in [5.74, 6) is 1.61. The molecule has 0 amide bonds. The number of para-hydroxylation sites is 1. The first kappa shape index (κ1) is 23.2. The van der Waals surface area contributed by atoms with Gasteiger partial charge < -0.3 is 15.4 Å². The molecular formula is C27H26N4O2S. The summed E-state index contributed by atoms with van der Waals surface area (Å²) in [4.78, 5) is 11.5. The molecule has 0 saturated heterocycles. The van der Waals surface area contributed by atoms with Gasteiger partial charge in [0, 0.05) is 11.3 Å². The number of anilines is 2. The molecule has 0 aliphatic carbocycles. The Morgan fingerprint density at radius 3 is 2.35 bits per heavy atom. The molecule has 0 radical (unpaired) electrons. The van der Waals surface area contributed by atoms with E-state index >= 15 is 0 Å². The van der Waals surface area contributed by atoms with Crippen LogP contribution < -0.4 is 15.4 Å². The van der Waals surface area contributed by atoms with Crippen LogP contribution in [-0.4, -0.2) is 20.7 Å². The zero-order chi connectivity index (χ0) is 24.1. The van der Waals surface area contributed by atoms with Crippen molar-refractivity contribution in [1.82, 2.24) is 9.78 Å². The van der Waals surface area contributed by atoms with Crippen LogP contribution in [0.15, 0.2) is 78.9 Å². The number of benzene rings is 3. The van der Waals surface area contributed by atoms with Gasteiger partial charge in [0.2, 0.25) is 0 Å². The van der Waals surface area contributed by atoms with Gasteiger partial charge in [0.25, 0.3) is 0 Å². The molecular weight excluding hydrogens is 444 g/mol. The highest BCUT2D eigenvalue weighted by atomic mass is 32.1. The molecule has 3 aromatic carbocycles. The summed E-state index contributed by atoms with van der Waals surface area (Å²) < 4.78 is 7.91. The lowest BCUT2D eigenvalue weighted by Crippen LogP contribution is -2.20. The highest BCUT2D eigenvalue weighted by Crippen LogP contribution is 2.24. The second kappa shape index (κ2) is 10.3. The molecule has 6 nitrogen and oxygen atoms in total. The highest BCUT2D eigenvalue weighted by molar-refractivity contribution is 7.80. The first-order valence-electron chi connectivity index (χ1n) is 10.9. The van der Waals surface area contributed by atoms with Crippen LogP contribution in [0.25, 0.3) is 0 Å². The number of aromatic nitrogens is 2. The summed E-state index contributed by atoms with van der Waals surface area (Å²) in [7, 11) is 0. The minimum absolute atomic E-state index is 0.0306. The third-order valence-corrected chi connectivity index (χ3v) is 5.58. The number of carbonyl (C=O) groups is 1. The number of ether oxygens (including phenoxy) is 1. The van der Waals surface area contributed by atoms with Crippen molar-refractivity contribution < 1.29 is 9.53 Å². The van der Waals surface area contributed by atoms with Gasteiger partial charge >= 0.3 is 0 Å². The van der Waals surface area contributed by atoms with Gasteiger partial charge in [0.05, 0.1) is 23.6 Å². The Labute approximate surface area is 204 Å². The van der Waals surface area contributed by atoms with E-state index < -0.39 is 0 Å². The van der Waals surface area contributed by atoms with E-state index in [4.69, 9.17) is 22.1 Å². The van der Waals surface area contributed by atoms with E-state index in [0.717, 1.165) is 39.8 Å². The van der Waals surface area contributed by atoms with E-state index in [1.807, 2.05) is 79.2 Å². The molecule has 0 fully saturated rings. The first-order chi connectivity index (χ1) is 16.4. The van der Waals surface area contributed by atoms with Crippen molar-refractivity contribution in [3.8, 4) is 11.5 Å². The second-order valence-corrected chi connectivity index (χ2v) is 8.39. The Morgan fingerprint density at radius 2 is 1.65 bits per heavy atom. The Morgan fingerprint density at radius 1 is 0.941 bits per heavy atom. The molecule has 2 N–H and O–H groups in total. The van der Waals surface area contributed by atoms with Crippen molar-refractivity contribution in [3.63, 3.8) is 0 Å². The maximum Gasteiger partial charge on any atom is 0.175 e. The van der Waals surface area contributed by atoms with Crippen molar-refractivity contribution in [2.24, 2.45) is 0 Å². The molecule has 0 unspecified atom stereocenters. The molecule has 34 heavy (non-hydrogen) atoms. The Balaban J connectivity index is 1.43. The van der Waals surface area contributed by atoms with Crippen LogP contribution in [-0.2, 0) is 6.54 Å². The second-order valence-electron chi connectivity index (χ2n) is 7.98.